The highest BCUT2D eigenvalue weighted by Gasteiger charge is 2.15. The molecule has 0 amide bonds. The van der Waals surface area contributed by atoms with Gasteiger partial charge >= 0.3 is 0 Å². The molecule has 0 aliphatic heterocycles. The van der Waals surface area contributed by atoms with Gasteiger partial charge in [-0.1, -0.05) is 0 Å². The summed E-state index contributed by atoms with van der Waals surface area (Å²) in [5, 5.41) is 22.9. The minimum absolute atomic E-state index is 0.0795. The normalized spacial score (nSPS) is 10.1. The van der Waals surface area contributed by atoms with E-state index in [1.54, 1.807) is 167 Å². The average molecular weight is 1320 g/mol. The summed E-state index contributed by atoms with van der Waals surface area (Å²) < 4.78 is 30.9. The first-order valence-electron chi connectivity index (χ1n) is 28.0. The Morgan fingerprint density at radius 3 is 0.833 bits per heavy atom. The lowest BCUT2D eigenvalue weighted by Gasteiger charge is -2.16. The summed E-state index contributed by atoms with van der Waals surface area (Å²) in [4.78, 5) is 81.4. The Morgan fingerprint density at radius 2 is 0.500 bits per heavy atom. The molecule has 42 heteroatoms. The molecular weight excluding hydrogens is 1250 g/mol. The van der Waals surface area contributed by atoms with Crippen molar-refractivity contribution < 1.29 is 26.5 Å². The first kappa shape index (κ1) is 69.6. The Balaban J connectivity index is 0.000000163. The lowest BCUT2D eigenvalue weighted by molar-refractivity contribution is 0.567. The lowest BCUT2D eigenvalue weighted by Crippen LogP contribution is -2.19. The Labute approximate surface area is 547 Å². The zero-order valence-corrected chi connectivity index (χ0v) is 54.0. The molecule has 0 atom stereocenters. The number of aromatic nitrogens is 18. The van der Waals surface area contributed by atoms with Crippen molar-refractivity contribution in [2.75, 3.05) is 180 Å². The maximum atomic E-state index is 5.57. The van der Waals surface area contributed by atoms with Crippen LogP contribution in [0.3, 0.4) is 0 Å². The van der Waals surface area contributed by atoms with Gasteiger partial charge in [-0.2, -0.15) is 89.7 Å². The molecule has 12 aromatic heterocycles. The van der Waals surface area contributed by atoms with Crippen LogP contribution < -0.4 is 95.7 Å². The van der Waals surface area contributed by atoms with Crippen molar-refractivity contribution >= 4 is 142 Å². The van der Waals surface area contributed by atoms with Gasteiger partial charge in [-0.15, -0.1) is 0 Å². The van der Waals surface area contributed by atoms with E-state index in [0.717, 1.165) is 0 Å². The van der Waals surface area contributed by atoms with E-state index in [1.807, 2.05) is 52.1 Å². The van der Waals surface area contributed by atoms with E-state index in [4.69, 9.17) is 55.2 Å². The molecule has 0 radical (unpaired) electrons. The zero-order valence-electron chi connectivity index (χ0n) is 54.0. The van der Waals surface area contributed by atoms with E-state index in [9.17, 15) is 0 Å². The summed E-state index contributed by atoms with van der Waals surface area (Å²) in [6.07, 6.45) is 9.39. The quantitative estimate of drug-likeness (QED) is 0.0470. The topological polar surface area (TPSA) is 553 Å². The third-order valence-corrected chi connectivity index (χ3v) is 11.2. The van der Waals surface area contributed by atoms with Gasteiger partial charge in [-0.05, 0) is 36.4 Å². The Hall–Kier alpha value is -13.9. The molecule has 0 spiro atoms. The second-order valence-corrected chi connectivity index (χ2v) is 19.0. The van der Waals surface area contributed by atoms with E-state index in [1.165, 1.54) is 0 Å². The van der Waals surface area contributed by atoms with Crippen molar-refractivity contribution in [1.29, 1.82) is 0 Å². The van der Waals surface area contributed by atoms with Crippen LogP contribution in [-0.4, -0.2) is 174 Å². The number of nitrogens with zero attached hydrogens (tertiary/aromatic N) is 23. The van der Waals surface area contributed by atoms with Gasteiger partial charge in [0, 0.05) is 121 Å². The van der Waals surface area contributed by atoms with Crippen LogP contribution in [0.1, 0.15) is 0 Å². The molecule has 0 aliphatic rings. The summed E-state index contributed by atoms with van der Waals surface area (Å²) >= 11 is 0. The summed E-state index contributed by atoms with van der Waals surface area (Å²) in [6.45, 7) is 0. The molecule has 0 saturated heterocycles. The largest absolute Gasteiger partial charge is 0.449 e. The van der Waals surface area contributed by atoms with Gasteiger partial charge < -0.3 is 91.1 Å². The van der Waals surface area contributed by atoms with Crippen LogP contribution >= 0.6 is 0 Å². The van der Waals surface area contributed by atoms with Crippen LogP contribution in [0.15, 0.2) is 137 Å². The van der Waals surface area contributed by atoms with Crippen molar-refractivity contribution in [3.05, 3.63) is 110 Å². The highest BCUT2D eigenvalue weighted by atomic mass is 16.4. The Kier molecular flexibility index (Phi) is 24.9. The van der Waals surface area contributed by atoms with Gasteiger partial charge in [-0.25, -0.2) is 0 Å². The fourth-order valence-corrected chi connectivity index (χ4v) is 6.81. The minimum Gasteiger partial charge on any atom is -0.449 e. The van der Waals surface area contributed by atoms with Crippen molar-refractivity contribution in [3.63, 3.8) is 0 Å². The third-order valence-electron chi connectivity index (χ3n) is 11.2. The van der Waals surface area contributed by atoms with Crippen LogP contribution in [0.2, 0.25) is 0 Å². The average Bonchev–Trinajstić information content (AvgIpc) is 1.52. The number of nitrogens with two attached hydrogens (primary N) is 5. The summed E-state index contributed by atoms with van der Waals surface area (Å²) in [5.74, 6) is 9.87. The fourth-order valence-electron chi connectivity index (χ4n) is 6.81. The van der Waals surface area contributed by atoms with Gasteiger partial charge in [0.1, 0.15) is 0 Å². The molecule has 504 valence electrons. The molecule has 0 bridgehead atoms. The van der Waals surface area contributed by atoms with Crippen molar-refractivity contribution in [1.82, 2.24) is 89.7 Å². The number of nitrogens with one attached hydrogen (secondary N) is 8. The van der Waals surface area contributed by atoms with Crippen molar-refractivity contribution in [2.24, 2.45) is 0 Å². The number of hydrogen-bond donors (Lipinski definition) is 13. The summed E-state index contributed by atoms with van der Waals surface area (Å²) in [6, 6.07) is 21.3. The highest BCUT2D eigenvalue weighted by Crippen LogP contribution is 2.24. The van der Waals surface area contributed by atoms with Crippen LogP contribution in [0.25, 0.3) is 0 Å². The van der Waals surface area contributed by atoms with Crippen LogP contribution in [0.4, 0.5) is 142 Å². The smallest absolute Gasteiger partial charge is 0.238 e. The van der Waals surface area contributed by atoms with E-state index in [0.29, 0.717) is 113 Å². The van der Waals surface area contributed by atoms with E-state index in [-0.39, 0.29) is 29.7 Å². The van der Waals surface area contributed by atoms with Crippen LogP contribution in [0, 0.1) is 0 Å². The first-order chi connectivity index (χ1) is 46.2. The van der Waals surface area contributed by atoms with Gasteiger partial charge in [0.15, 0.2) is 23.5 Å². The van der Waals surface area contributed by atoms with Gasteiger partial charge in [-0.3, -0.25) is 31.1 Å². The zero-order chi connectivity index (χ0) is 69.1. The predicted molar refractivity (Wildman–Crippen MR) is 364 cm³/mol. The minimum atomic E-state index is 0.0795. The SMILES string of the molecule is CN(C)c1nc(N)nc(Nc2ccco2)n1.CN(C)c1nc(Nc2ccco2)nc(N(C)C)n1.CN(c1nc(N)nc(N)n1)c1ccco1.CNc1nc(N)nc(N(C)c2ccco2)n1.CNc1nc(N)nc(Nc2ccco2)n1.CNc1nc(NC)nc(Nc2ccco2)n1. The van der Waals surface area contributed by atoms with Gasteiger partial charge in [0.25, 0.3) is 0 Å². The van der Waals surface area contributed by atoms with Crippen molar-refractivity contribution in [2.45, 2.75) is 0 Å². The summed E-state index contributed by atoms with van der Waals surface area (Å²) in [7, 11) is 21.6. The third kappa shape index (κ3) is 21.7. The summed E-state index contributed by atoms with van der Waals surface area (Å²) in [5.41, 5.74) is 27.5. The predicted octanol–water partition coefficient (Wildman–Crippen LogP) is 5.57. The van der Waals surface area contributed by atoms with E-state index in [2.05, 4.69) is 132 Å². The number of furan rings is 6. The maximum absolute atomic E-state index is 5.57. The van der Waals surface area contributed by atoms with Crippen LogP contribution in [0.5, 0.6) is 0 Å². The number of hydrogen-bond acceptors (Lipinski definition) is 42. The Bertz CT molecular complexity index is 4070. The number of rotatable bonds is 19. The number of anilines is 24. The second-order valence-electron chi connectivity index (χ2n) is 19.0. The molecule has 18 N–H and O–H groups in total. The van der Waals surface area contributed by atoms with E-state index < -0.39 is 0 Å². The van der Waals surface area contributed by atoms with Gasteiger partial charge in [0.2, 0.25) is 119 Å². The lowest BCUT2D eigenvalue weighted by atomic mass is 10.6. The first-order valence-corrected chi connectivity index (χ1v) is 28.0. The molecule has 0 aromatic carbocycles. The van der Waals surface area contributed by atoms with E-state index >= 15 is 0 Å². The molecular formula is C54H72N36O6. The monoisotopic (exact) mass is 1320 g/mol. The molecule has 96 heavy (non-hydrogen) atoms. The fraction of sp³-hybridized carbons (Fsp3) is 0.222. The molecule has 42 nitrogen and oxygen atoms in total. The standard InChI is InChI=1S/C11H16N6O.3C9H12N6O.2C8H10N6O/c1-16(2)10-13-9(12-8-6-5-7-18-8)14-11(15-10)17(3)4;1-15(2)9-13-7(10)12-8(14-9)11-6-4-3-5-16-6;1-11-8-12-7(10)13-9(14-8)15(2)6-4-3-5-16-6;1-10-7-13-8(11-2)15-9(14-7)12-6-4-3-5-16-6;1-14(5-3-2-4-15-5)8-12-6(9)11-7(10)13-8;1-10-7-12-6(9)13-8(14-7)11-5-3-2-4-15-5/h5-7H,1-4H3,(H,12,13,14,15);2*3-5H,1-2H3,(H3,10,11,12,13,14);3-5H,1-2H3,(H3,10,11,12,13,14,15);2-4H,1H3,(H4,9,10,11,12,13);2-4H,1H3,(H4,9,10,11,12,13,14). The molecule has 12 heterocycles. The molecule has 12 aromatic rings. The van der Waals surface area contributed by atoms with Gasteiger partial charge in [0.05, 0.1) is 37.6 Å². The second kappa shape index (κ2) is 34.4. The van der Waals surface area contributed by atoms with Crippen LogP contribution in [-0.2, 0) is 0 Å². The molecule has 0 saturated carbocycles. The molecule has 12 rings (SSSR count). The Morgan fingerprint density at radius 1 is 0.260 bits per heavy atom. The molecule has 0 fully saturated rings. The number of nitrogen functional groups attached to an aromatic ring is 5. The molecule has 0 aliphatic carbocycles. The molecule has 0 unspecified atom stereocenters. The highest BCUT2D eigenvalue weighted by molar-refractivity contribution is 5.56. The van der Waals surface area contributed by atoms with Crippen molar-refractivity contribution in [3.8, 4) is 0 Å². The maximum Gasteiger partial charge on any atom is 0.238 e.